The smallest absolute Gasteiger partial charge is 0.338 e. The number of aliphatic imine (C=N–C) groups is 4. The fourth-order valence-electron chi connectivity index (χ4n) is 27.2. The molecule has 5 aromatic carbocycles. The summed E-state index contributed by atoms with van der Waals surface area (Å²) in [6.45, 7) is 2.54. The lowest BCUT2D eigenvalue weighted by Crippen LogP contribution is -2.62. The number of carbonyl (C=O) groups is 2. The van der Waals surface area contributed by atoms with Crippen molar-refractivity contribution in [1.29, 1.82) is 15.8 Å². The zero-order valence-corrected chi connectivity index (χ0v) is 63.7. The molecule has 0 saturated carbocycles. The van der Waals surface area contributed by atoms with Gasteiger partial charge in [0, 0.05) is 184 Å². The van der Waals surface area contributed by atoms with Crippen LogP contribution in [0.4, 0.5) is 22.7 Å². The molecule has 121 heavy (non-hydrogen) atoms. The Balaban J connectivity index is 0.853. The number of aliphatic hydroxyl groups is 1. The van der Waals surface area contributed by atoms with Gasteiger partial charge in [0.1, 0.15) is 23.2 Å². The molecule has 19 aliphatic heterocycles. The van der Waals surface area contributed by atoms with Crippen LogP contribution in [0.2, 0.25) is 0 Å². The summed E-state index contributed by atoms with van der Waals surface area (Å²) in [6, 6.07) is 18.8. The van der Waals surface area contributed by atoms with E-state index in [2.05, 4.69) is 111 Å². The molecule has 20 heterocycles. The maximum atomic E-state index is 15.8. The van der Waals surface area contributed by atoms with Crippen molar-refractivity contribution in [3.8, 4) is 40.8 Å². The highest BCUT2D eigenvalue weighted by molar-refractivity contribution is 6.37. The van der Waals surface area contributed by atoms with Crippen LogP contribution in [0, 0.1) is 51.7 Å². The third-order valence-electron chi connectivity index (χ3n) is 30.6. The minimum atomic E-state index is -1.16. The van der Waals surface area contributed by atoms with Crippen LogP contribution in [0.15, 0.2) is 265 Å². The highest BCUT2D eigenvalue weighted by Gasteiger charge is 2.66. The molecule has 0 amide bonds. The lowest BCUT2D eigenvalue weighted by molar-refractivity contribution is -0.136. The first-order valence-electron chi connectivity index (χ1n) is 41.3. The van der Waals surface area contributed by atoms with E-state index in [-0.39, 0.29) is 42.2 Å². The number of aromatic hydroxyl groups is 2. The number of rotatable bonds is 11. The summed E-state index contributed by atoms with van der Waals surface area (Å²) in [7, 11) is 0. The second kappa shape index (κ2) is 20.0. The summed E-state index contributed by atoms with van der Waals surface area (Å²) < 4.78 is 0. The second-order valence-corrected chi connectivity index (χ2v) is 35.3. The number of phenols is 2. The maximum absolute atomic E-state index is 15.8. The van der Waals surface area contributed by atoms with Crippen molar-refractivity contribution < 1.29 is 35.1 Å². The Morgan fingerprint density at radius 3 is 2.45 bits per heavy atom. The summed E-state index contributed by atoms with van der Waals surface area (Å²) in [4.78, 5) is 69.4. The number of nitrogens with zero attached hydrogens (tertiary/aromatic N) is 13. The normalized spacial score (nSPS) is 27.2. The summed E-state index contributed by atoms with van der Waals surface area (Å²) in [6.07, 6.45) is 35.4. The molecule has 8 unspecified atom stereocenters. The van der Waals surface area contributed by atoms with Crippen LogP contribution < -0.4 is 30.0 Å². The van der Waals surface area contributed by atoms with Gasteiger partial charge in [0.25, 0.3) is 0 Å². The zero-order chi connectivity index (χ0) is 79.6. The van der Waals surface area contributed by atoms with E-state index in [0.29, 0.717) is 92.3 Å². The number of aliphatic hydroxyl groups excluding tert-OH is 1. The van der Waals surface area contributed by atoms with Crippen LogP contribution in [-0.2, 0) is 9.59 Å². The van der Waals surface area contributed by atoms with Crippen LogP contribution in [0.1, 0.15) is 101 Å². The fraction of sp³-hybridized carbons (Fsp3) is 0.149. The first kappa shape index (κ1) is 62.7. The molecule has 60 bridgehead atoms. The first-order chi connectivity index (χ1) is 59.3. The first-order valence-corrected chi connectivity index (χ1v) is 41.3. The second-order valence-electron chi connectivity index (χ2n) is 35.3. The van der Waals surface area contributed by atoms with Gasteiger partial charge in [-0.2, -0.15) is 15.8 Å². The Bertz CT molecular complexity index is 8230. The maximum Gasteiger partial charge on any atom is 0.338 e. The van der Waals surface area contributed by atoms with E-state index in [1.807, 2.05) is 42.3 Å². The van der Waals surface area contributed by atoms with E-state index in [0.717, 1.165) is 229 Å². The molecule has 5 N–H and O–H groups in total. The van der Waals surface area contributed by atoms with Crippen molar-refractivity contribution in [3.63, 3.8) is 0 Å². The van der Waals surface area contributed by atoms with E-state index in [1.165, 1.54) is 6.08 Å². The number of phenolic OH excluding ortho intramolecular Hbond substituents is 2. The number of hydrogen-bond acceptors (Lipinski definition) is 18. The van der Waals surface area contributed by atoms with Crippen molar-refractivity contribution in [2.24, 2.45) is 37.7 Å². The largest absolute Gasteiger partial charge is 0.507 e. The molecule has 25 aliphatic rings. The third kappa shape index (κ3) is 6.47. The van der Waals surface area contributed by atoms with Gasteiger partial charge < -0.3 is 45.1 Å². The van der Waals surface area contributed by atoms with Crippen LogP contribution in [-0.4, -0.2) is 102 Å². The molecule has 31 rings (SSSR count). The topological polar surface area (TPSA) is 285 Å². The summed E-state index contributed by atoms with van der Waals surface area (Å²) in [5.74, 6) is -4.52. The SMILES string of the molecule is C/C=C\C1=C2C(N=CCC#N)=CC3=NC4=C(C(=O)O)c5cc6c7c8c5C5=C9CC8=C8C%10=C%11c%12c(cnc%13c(O)c(c-7c8c%12%13)=CN6/C=C/C#N)=C(O)C6=Cc7cc(O)c8c(c7)C7=C%12C(=CC%13=C%14C%15=CC%16c%17c(c9c9c%18c(n%19c1cn(C/C=C/C#N)c1c-%19c(cc%19c%20c(ccc%191)C=CC(=N%13)C%15%20)c%17%18)C2C3=C9C45)=NC(/C7=C(\C%10)CC6%11)N%16C%14%12)N8C/C=C/CC(=O)O. The van der Waals surface area contributed by atoms with Crippen molar-refractivity contribution in [3.05, 3.63) is 311 Å². The number of dihydropyridines is 1. The minimum Gasteiger partial charge on any atom is -0.507 e. The van der Waals surface area contributed by atoms with Gasteiger partial charge in [0.15, 0.2) is 5.75 Å². The molecule has 20 heteroatoms. The van der Waals surface area contributed by atoms with Gasteiger partial charge in [-0.05, 0) is 175 Å². The van der Waals surface area contributed by atoms with Gasteiger partial charge >= 0.3 is 11.9 Å². The van der Waals surface area contributed by atoms with Crippen LogP contribution in [0.3, 0.4) is 0 Å². The number of carboxylic acid groups (broad SMARTS) is 2. The van der Waals surface area contributed by atoms with E-state index in [1.54, 1.807) is 36.8 Å². The number of benzene rings is 5. The Kier molecular flexibility index (Phi) is 10.4. The molecule has 6 aromatic rings. The van der Waals surface area contributed by atoms with Gasteiger partial charge in [-0.1, -0.05) is 60.2 Å². The summed E-state index contributed by atoms with van der Waals surface area (Å²) >= 11 is 0. The van der Waals surface area contributed by atoms with Crippen LogP contribution >= 0.6 is 0 Å². The number of anilines is 4. The van der Waals surface area contributed by atoms with E-state index in [9.17, 15) is 46.1 Å². The average Bonchev–Trinajstić information content (AvgIpc) is 0.632. The van der Waals surface area contributed by atoms with Crippen LogP contribution in [0.25, 0.3) is 95.9 Å². The molecule has 20 nitrogen and oxygen atoms in total. The Labute approximate surface area is 685 Å². The number of carboxylic acids is 2. The zero-order valence-electron chi connectivity index (χ0n) is 63.7. The summed E-state index contributed by atoms with van der Waals surface area (Å²) in [5, 5.41) is 99.3. The Morgan fingerprint density at radius 2 is 1.60 bits per heavy atom. The molecule has 564 valence electrons. The molecule has 8 atom stereocenters. The van der Waals surface area contributed by atoms with Crippen molar-refractivity contribution in [1.82, 2.24) is 9.88 Å². The van der Waals surface area contributed by atoms with Gasteiger partial charge in [-0.3, -0.25) is 34.6 Å². The minimum absolute atomic E-state index is 0.00477. The number of allylic oxidation sites excluding steroid dienone is 20. The lowest BCUT2D eigenvalue weighted by atomic mass is 9.50. The quantitative estimate of drug-likeness (QED) is 0.0458. The molecule has 6 aliphatic carbocycles. The van der Waals surface area contributed by atoms with Crippen molar-refractivity contribution in [2.75, 3.05) is 32.7 Å². The molecular formula is C101H53N13O7. The van der Waals surface area contributed by atoms with E-state index >= 15 is 4.79 Å². The van der Waals surface area contributed by atoms with Gasteiger partial charge in [0.05, 0.1) is 129 Å². The lowest BCUT2D eigenvalue weighted by Gasteiger charge is -2.61. The molecule has 0 radical (unpaired) electrons. The predicted molar refractivity (Wildman–Crippen MR) is 458 cm³/mol. The standard InChI is InChI=1S/C101H53N13O7/c1-2-9-40-60-35-111(19-6-4-15-102)94-39-13-11-37-12-14-53-68-47-30-59-81-74-50(27-42(39)63(37)68)95(94)113(60)97-88-67(40)54(105-18-7-16-103)31-55-79(88)85-84(89(74)97)77-46-28-45-66-44-26-38-25-41-43(22-36-23-49-73-64(38)100(109-90(77)81)114(59)96-69(47)56(107-53)32-58(82(73)96)112(93(49)61(115)24-36)21-5-3-10-62(116)117)98(118)51-33-106-92-87(75(51)65(41)44)83(66)76-52(99(92)119)34-110(20-8-17-104)57-29-48-70(71(45)80(57)76)72(46)86(85)91(108-55)78(48)101(120)121/h2-6,8-9,11-14,18,20,22-24,27,29-35,41,59,68,86,88,96,100,115,118-119H,7,10,19,21,25-26,28H2,1H3,(H,116,117)(H,120,121)/b5-3+,6-4+,9-2-,20-8+,43-22?,64-38-,105-18?. The number of aliphatic carboxylic acids is 2. The van der Waals surface area contributed by atoms with E-state index in [4.69, 9.17) is 25.0 Å². The number of nitriles is 3. The molecule has 0 saturated heterocycles. The number of hydrogen-bond donors (Lipinski definition) is 5. The fourth-order valence-corrected chi connectivity index (χ4v) is 27.2. The molecular weight excluding hydrogens is 1510 g/mol. The molecule has 0 spiro atoms. The number of pyridine rings is 1. The average molecular weight is 1560 g/mol. The number of aromatic nitrogens is 1. The number of fused-ring (bicyclic) bond motifs is 4. The van der Waals surface area contributed by atoms with E-state index < -0.39 is 53.9 Å². The highest BCUT2D eigenvalue weighted by Crippen LogP contribution is 2.77. The van der Waals surface area contributed by atoms with Gasteiger partial charge in [0.2, 0.25) is 0 Å². The van der Waals surface area contributed by atoms with Crippen molar-refractivity contribution in [2.45, 2.75) is 63.2 Å². The Hall–Kier alpha value is -15.6. The Morgan fingerprint density at radius 1 is 0.711 bits per heavy atom. The third-order valence-corrected chi connectivity index (χ3v) is 30.6. The van der Waals surface area contributed by atoms with Crippen LogP contribution in [0.5, 0.6) is 11.5 Å². The summed E-state index contributed by atoms with van der Waals surface area (Å²) in [5.41, 5.74) is 41.8. The molecule has 1 aromatic heterocycles. The monoisotopic (exact) mass is 1560 g/mol. The highest BCUT2D eigenvalue weighted by atomic mass is 16.4. The van der Waals surface area contributed by atoms with Gasteiger partial charge in [-0.15, -0.1) is 0 Å². The molecule has 0 fully saturated rings. The van der Waals surface area contributed by atoms with Crippen molar-refractivity contribution >= 4 is 143 Å². The van der Waals surface area contributed by atoms with Gasteiger partial charge in [-0.25, -0.2) is 4.79 Å². The predicted octanol–water partition coefficient (Wildman–Crippen LogP) is 15.0.